The largest absolute Gasteiger partial charge is 0.298 e. The summed E-state index contributed by atoms with van der Waals surface area (Å²) in [6, 6.07) is 5.34. The van der Waals surface area contributed by atoms with E-state index in [9.17, 15) is 13.2 Å². The maximum Gasteiger partial charge on any atom is 0.160 e. The third-order valence-electron chi connectivity index (χ3n) is 3.45. The van der Waals surface area contributed by atoms with Crippen LogP contribution >= 0.6 is 0 Å². The molecule has 18 heavy (non-hydrogen) atoms. The van der Waals surface area contributed by atoms with Crippen molar-refractivity contribution >= 4 is 15.6 Å². The van der Waals surface area contributed by atoms with Crippen LogP contribution in [0.2, 0.25) is 0 Å². The highest BCUT2D eigenvalue weighted by molar-refractivity contribution is 7.92. The van der Waals surface area contributed by atoms with Gasteiger partial charge in [0.05, 0.1) is 17.4 Å². The van der Waals surface area contributed by atoms with Gasteiger partial charge < -0.3 is 0 Å². The Morgan fingerprint density at radius 3 is 2.78 bits per heavy atom. The lowest BCUT2D eigenvalue weighted by molar-refractivity contribution is -0.120. The van der Waals surface area contributed by atoms with E-state index in [1.54, 1.807) is 25.3 Å². The van der Waals surface area contributed by atoms with Crippen molar-refractivity contribution in [3.8, 4) is 0 Å². The van der Waals surface area contributed by atoms with E-state index in [2.05, 4.69) is 4.98 Å². The number of aromatic nitrogens is 1. The van der Waals surface area contributed by atoms with E-state index in [-0.39, 0.29) is 11.5 Å². The zero-order chi connectivity index (χ0) is 13.2. The molecule has 5 heteroatoms. The van der Waals surface area contributed by atoms with Crippen molar-refractivity contribution in [2.24, 2.45) is 0 Å². The number of rotatable bonds is 3. The van der Waals surface area contributed by atoms with E-state index in [4.69, 9.17) is 0 Å². The molecule has 1 aliphatic rings. The van der Waals surface area contributed by atoms with Crippen LogP contribution in [0.4, 0.5) is 0 Å². The Hall–Kier alpha value is -1.23. The summed E-state index contributed by atoms with van der Waals surface area (Å²) in [5.74, 6) is -0.532. The summed E-state index contributed by atoms with van der Waals surface area (Å²) in [5, 5.41) is -0.830. The first-order valence-electron chi connectivity index (χ1n) is 6.18. The lowest BCUT2D eigenvalue weighted by atomic mass is 9.96. The van der Waals surface area contributed by atoms with Crippen molar-refractivity contribution < 1.29 is 13.2 Å². The highest BCUT2D eigenvalue weighted by Gasteiger charge is 2.37. The Labute approximate surface area is 107 Å². The predicted octanol–water partition coefficient (Wildman–Crippen LogP) is 1.72. The zero-order valence-corrected chi connectivity index (χ0v) is 11.2. The number of pyridine rings is 1. The summed E-state index contributed by atoms with van der Waals surface area (Å²) in [6.07, 6.45) is 3.56. The molecule has 2 atom stereocenters. The van der Waals surface area contributed by atoms with Crippen molar-refractivity contribution in [1.29, 1.82) is 0 Å². The number of carbonyl (C=O) groups is 1. The van der Waals surface area contributed by atoms with E-state index in [1.165, 1.54) is 0 Å². The molecule has 0 N–H and O–H groups in total. The molecule has 0 aliphatic carbocycles. The molecule has 1 saturated heterocycles. The van der Waals surface area contributed by atoms with Crippen molar-refractivity contribution in [1.82, 2.24) is 4.98 Å². The average Bonchev–Trinajstić information content (AvgIpc) is 2.37. The smallest absolute Gasteiger partial charge is 0.160 e. The van der Waals surface area contributed by atoms with E-state index in [0.717, 1.165) is 6.42 Å². The molecule has 0 radical (unpaired) electrons. The molecular formula is C13H17NO3S. The molecule has 0 amide bonds. The van der Waals surface area contributed by atoms with Crippen LogP contribution in [0.25, 0.3) is 0 Å². The molecule has 2 heterocycles. The van der Waals surface area contributed by atoms with Crippen LogP contribution in [0.1, 0.15) is 37.8 Å². The number of Topliss-reactive ketones (excluding diaryl/α,β-unsaturated/α-hetero) is 1. The van der Waals surface area contributed by atoms with Crippen LogP contribution in [0.3, 0.4) is 0 Å². The Balaban J connectivity index is 2.21. The number of ketones is 1. The van der Waals surface area contributed by atoms with Gasteiger partial charge in [0.15, 0.2) is 15.6 Å². The van der Waals surface area contributed by atoms with Crippen molar-refractivity contribution in [3.63, 3.8) is 0 Å². The summed E-state index contributed by atoms with van der Waals surface area (Å²) < 4.78 is 23.8. The SMILES string of the molecule is CC(C(=O)C1CCCCS1(=O)=O)c1ccccn1. The first-order valence-corrected chi connectivity index (χ1v) is 7.90. The normalized spacial score (nSPS) is 24.4. The second kappa shape index (κ2) is 5.18. The molecule has 1 aromatic heterocycles. The molecule has 98 valence electrons. The molecule has 0 aromatic carbocycles. The van der Waals surface area contributed by atoms with Crippen LogP contribution in [0, 0.1) is 0 Å². The van der Waals surface area contributed by atoms with E-state index in [0.29, 0.717) is 18.5 Å². The first kappa shape index (κ1) is 13.2. The van der Waals surface area contributed by atoms with Crippen molar-refractivity contribution in [3.05, 3.63) is 30.1 Å². The van der Waals surface area contributed by atoms with Gasteiger partial charge in [0.25, 0.3) is 0 Å². The fourth-order valence-corrected chi connectivity index (χ4v) is 4.31. The summed E-state index contributed by atoms with van der Waals surface area (Å²) in [6.45, 7) is 1.73. The molecule has 4 nitrogen and oxygen atoms in total. The molecule has 2 unspecified atom stereocenters. The van der Waals surface area contributed by atoms with Crippen molar-refractivity contribution in [2.75, 3.05) is 5.75 Å². The van der Waals surface area contributed by atoms with Gasteiger partial charge in [0, 0.05) is 6.20 Å². The second-order valence-electron chi connectivity index (χ2n) is 4.73. The van der Waals surface area contributed by atoms with Crippen LogP contribution in [0.5, 0.6) is 0 Å². The number of carbonyl (C=O) groups excluding carboxylic acids is 1. The minimum Gasteiger partial charge on any atom is -0.298 e. The quantitative estimate of drug-likeness (QED) is 0.836. The number of hydrogen-bond acceptors (Lipinski definition) is 4. The van der Waals surface area contributed by atoms with Gasteiger partial charge in [-0.25, -0.2) is 8.42 Å². The minimum atomic E-state index is -3.25. The zero-order valence-electron chi connectivity index (χ0n) is 10.4. The number of sulfone groups is 1. The lowest BCUT2D eigenvalue weighted by Gasteiger charge is -2.23. The van der Waals surface area contributed by atoms with Crippen LogP contribution < -0.4 is 0 Å². The van der Waals surface area contributed by atoms with Gasteiger partial charge in [-0.3, -0.25) is 9.78 Å². The van der Waals surface area contributed by atoms with E-state index >= 15 is 0 Å². The Kier molecular flexibility index (Phi) is 3.80. The van der Waals surface area contributed by atoms with Crippen LogP contribution in [-0.2, 0) is 14.6 Å². The van der Waals surface area contributed by atoms with Gasteiger partial charge >= 0.3 is 0 Å². The van der Waals surface area contributed by atoms with E-state index in [1.807, 2.05) is 6.07 Å². The van der Waals surface area contributed by atoms with Crippen LogP contribution in [0.15, 0.2) is 24.4 Å². The summed E-state index contributed by atoms with van der Waals surface area (Å²) in [7, 11) is -3.25. The summed E-state index contributed by atoms with van der Waals surface area (Å²) in [5.41, 5.74) is 0.642. The fourth-order valence-electron chi connectivity index (χ4n) is 2.33. The van der Waals surface area contributed by atoms with Gasteiger partial charge in [0.2, 0.25) is 0 Å². The Bertz CT molecular complexity index is 524. The molecule has 1 aliphatic heterocycles. The third kappa shape index (κ3) is 2.61. The highest BCUT2D eigenvalue weighted by Crippen LogP contribution is 2.26. The molecule has 0 saturated carbocycles. The minimum absolute atomic E-state index is 0.137. The number of nitrogens with zero attached hydrogens (tertiary/aromatic N) is 1. The average molecular weight is 267 g/mol. The summed E-state index contributed by atoms with van der Waals surface area (Å²) in [4.78, 5) is 16.4. The van der Waals surface area contributed by atoms with Gasteiger partial charge in [-0.2, -0.15) is 0 Å². The molecule has 1 fully saturated rings. The highest BCUT2D eigenvalue weighted by atomic mass is 32.2. The van der Waals surface area contributed by atoms with Crippen LogP contribution in [-0.4, -0.2) is 30.2 Å². The van der Waals surface area contributed by atoms with Gasteiger partial charge in [-0.15, -0.1) is 0 Å². The monoisotopic (exact) mass is 267 g/mol. The maximum absolute atomic E-state index is 12.3. The summed E-state index contributed by atoms with van der Waals surface area (Å²) >= 11 is 0. The molecule has 0 bridgehead atoms. The second-order valence-corrected chi connectivity index (χ2v) is 7.03. The topological polar surface area (TPSA) is 64.1 Å². The molecular weight excluding hydrogens is 250 g/mol. The molecule has 1 aromatic rings. The lowest BCUT2D eigenvalue weighted by Crippen LogP contribution is -2.37. The maximum atomic E-state index is 12.3. The molecule has 2 rings (SSSR count). The van der Waals surface area contributed by atoms with Gasteiger partial charge in [0.1, 0.15) is 5.25 Å². The Morgan fingerprint density at radius 2 is 2.17 bits per heavy atom. The Morgan fingerprint density at radius 1 is 1.39 bits per heavy atom. The number of hydrogen-bond donors (Lipinski definition) is 0. The third-order valence-corrected chi connectivity index (χ3v) is 5.65. The predicted molar refractivity (Wildman–Crippen MR) is 69.1 cm³/mol. The van der Waals surface area contributed by atoms with Gasteiger partial charge in [-0.05, 0) is 31.9 Å². The molecule has 0 spiro atoms. The van der Waals surface area contributed by atoms with E-state index < -0.39 is 21.0 Å². The standard InChI is InChI=1S/C13H17NO3S/c1-10(11-6-2-4-8-14-11)13(15)12-7-3-5-9-18(12,16)17/h2,4,6,8,10,12H,3,5,7,9H2,1H3. The fraction of sp³-hybridized carbons (Fsp3) is 0.538. The van der Waals surface area contributed by atoms with Crippen molar-refractivity contribution in [2.45, 2.75) is 37.4 Å². The van der Waals surface area contributed by atoms with Gasteiger partial charge in [-0.1, -0.05) is 12.5 Å². The first-order chi connectivity index (χ1) is 8.52.